The minimum Gasteiger partial charge on any atom is -0.508 e. The minimum atomic E-state index is -0.245. The largest absolute Gasteiger partial charge is 0.508 e. The number of phenols is 1. The van der Waals surface area contributed by atoms with Crippen LogP contribution in [-0.4, -0.2) is 21.8 Å². The molecule has 0 saturated heterocycles. The standard InChI is InChI=1S/C14H12N2O3/c1-19-11-5-2-9(3-6-11)16-13-7-4-10(17)8-12(13)15-14(16)18/h2-8,17H,1H3,(H,15,18). The lowest BCUT2D eigenvalue weighted by Crippen LogP contribution is -2.14. The summed E-state index contributed by atoms with van der Waals surface area (Å²) >= 11 is 0. The van der Waals surface area contributed by atoms with Crippen LogP contribution in [0.5, 0.6) is 11.5 Å². The van der Waals surface area contributed by atoms with Crippen LogP contribution in [0.1, 0.15) is 0 Å². The fraction of sp³-hybridized carbons (Fsp3) is 0.0714. The highest BCUT2D eigenvalue weighted by molar-refractivity contribution is 5.78. The van der Waals surface area contributed by atoms with Crippen LogP contribution in [0.25, 0.3) is 16.7 Å². The van der Waals surface area contributed by atoms with Gasteiger partial charge in [0.2, 0.25) is 0 Å². The van der Waals surface area contributed by atoms with E-state index in [1.54, 1.807) is 48.1 Å². The van der Waals surface area contributed by atoms with Gasteiger partial charge >= 0.3 is 5.69 Å². The van der Waals surface area contributed by atoms with E-state index in [-0.39, 0.29) is 11.4 Å². The van der Waals surface area contributed by atoms with E-state index in [1.807, 2.05) is 0 Å². The first-order valence-corrected chi connectivity index (χ1v) is 5.77. The lowest BCUT2D eigenvalue weighted by Gasteiger charge is -2.05. The van der Waals surface area contributed by atoms with Crippen molar-refractivity contribution in [3.8, 4) is 17.2 Å². The highest BCUT2D eigenvalue weighted by Gasteiger charge is 2.09. The third-order valence-corrected chi connectivity index (χ3v) is 3.00. The number of benzene rings is 2. The smallest absolute Gasteiger partial charge is 0.331 e. The summed E-state index contributed by atoms with van der Waals surface area (Å²) in [6.07, 6.45) is 0. The molecule has 0 radical (unpaired) electrons. The van der Waals surface area contributed by atoms with Crippen molar-refractivity contribution in [2.45, 2.75) is 0 Å². The van der Waals surface area contributed by atoms with Crippen LogP contribution in [0.15, 0.2) is 47.3 Å². The zero-order valence-corrected chi connectivity index (χ0v) is 10.3. The van der Waals surface area contributed by atoms with Gasteiger partial charge in [0.15, 0.2) is 0 Å². The molecule has 0 bridgehead atoms. The van der Waals surface area contributed by atoms with Gasteiger partial charge in [0, 0.05) is 6.07 Å². The average Bonchev–Trinajstić information content (AvgIpc) is 2.74. The molecule has 0 spiro atoms. The Morgan fingerprint density at radius 3 is 2.58 bits per heavy atom. The summed E-state index contributed by atoms with van der Waals surface area (Å²) in [5, 5.41) is 9.42. The number of hydrogen-bond donors (Lipinski definition) is 2. The maximum absolute atomic E-state index is 12.0. The molecule has 0 saturated carbocycles. The van der Waals surface area contributed by atoms with Crippen LogP contribution in [-0.2, 0) is 0 Å². The van der Waals surface area contributed by atoms with Gasteiger partial charge in [-0.25, -0.2) is 4.79 Å². The zero-order valence-electron chi connectivity index (χ0n) is 10.3. The predicted octanol–water partition coefficient (Wildman–Crippen LogP) is 2.03. The molecule has 3 rings (SSSR count). The number of aromatic hydroxyl groups is 1. The first-order chi connectivity index (χ1) is 9.19. The van der Waals surface area contributed by atoms with E-state index in [4.69, 9.17) is 4.74 Å². The molecule has 5 nitrogen and oxygen atoms in total. The SMILES string of the molecule is COc1ccc(-n2c(=O)[nH]c3cc(O)ccc32)cc1. The van der Waals surface area contributed by atoms with Gasteiger partial charge in [0.1, 0.15) is 11.5 Å². The van der Waals surface area contributed by atoms with E-state index in [0.717, 1.165) is 11.4 Å². The maximum atomic E-state index is 12.0. The summed E-state index contributed by atoms with van der Waals surface area (Å²) in [6, 6.07) is 12.0. The molecule has 5 heteroatoms. The second-order valence-corrected chi connectivity index (χ2v) is 4.17. The summed E-state index contributed by atoms with van der Waals surface area (Å²) in [7, 11) is 1.59. The summed E-state index contributed by atoms with van der Waals surface area (Å²) in [6.45, 7) is 0. The fourth-order valence-electron chi connectivity index (χ4n) is 2.09. The van der Waals surface area contributed by atoms with Crippen molar-refractivity contribution < 1.29 is 9.84 Å². The molecule has 96 valence electrons. The molecular weight excluding hydrogens is 244 g/mol. The highest BCUT2D eigenvalue weighted by atomic mass is 16.5. The zero-order chi connectivity index (χ0) is 13.4. The van der Waals surface area contributed by atoms with E-state index in [1.165, 1.54) is 6.07 Å². The van der Waals surface area contributed by atoms with Gasteiger partial charge in [-0.15, -0.1) is 0 Å². The summed E-state index contributed by atoms with van der Waals surface area (Å²) in [5.41, 5.74) is 1.81. The first-order valence-electron chi connectivity index (χ1n) is 5.77. The van der Waals surface area contributed by atoms with Crippen molar-refractivity contribution >= 4 is 11.0 Å². The second-order valence-electron chi connectivity index (χ2n) is 4.17. The first kappa shape index (κ1) is 11.4. The third-order valence-electron chi connectivity index (χ3n) is 3.00. The normalized spacial score (nSPS) is 10.8. The Balaban J connectivity index is 2.23. The molecule has 1 aromatic heterocycles. The number of aromatic amines is 1. The van der Waals surface area contributed by atoms with Crippen LogP contribution in [0.4, 0.5) is 0 Å². The number of nitrogens with one attached hydrogen (secondary N) is 1. The van der Waals surface area contributed by atoms with Gasteiger partial charge < -0.3 is 14.8 Å². The Kier molecular flexibility index (Phi) is 2.52. The number of phenolic OH excluding ortho intramolecular Hbond substituents is 1. The number of imidazole rings is 1. The van der Waals surface area contributed by atoms with Gasteiger partial charge in [0.05, 0.1) is 23.8 Å². The van der Waals surface area contributed by atoms with Gasteiger partial charge in [-0.3, -0.25) is 4.57 Å². The van der Waals surface area contributed by atoms with Crippen molar-refractivity contribution in [1.82, 2.24) is 9.55 Å². The predicted molar refractivity (Wildman–Crippen MR) is 72.1 cm³/mol. The molecule has 0 aliphatic carbocycles. The van der Waals surface area contributed by atoms with Crippen LogP contribution in [0, 0.1) is 0 Å². The number of aromatic nitrogens is 2. The number of methoxy groups -OCH3 is 1. The molecule has 19 heavy (non-hydrogen) atoms. The molecule has 0 atom stereocenters. The third kappa shape index (κ3) is 1.85. The quantitative estimate of drug-likeness (QED) is 0.737. The average molecular weight is 256 g/mol. The van der Waals surface area contributed by atoms with Crippen molar-refractivity contribution in [3.05, 3.63) is 52.9 Å². The Labute approximate surface area is 108 Å². The van der Waals surface area contributed by atoms with E-state index in [9.17, 15) is 9.90 Å². The molecule has 0 aliphatic heterocycles. The van der Waals surface area contributed by atoms with Gasteiger partial charge in [-0.1, -0.05) is 0 Å². The van der Waals surface area contributed by atoms with Crippen molar-refractivity contribution in [2.24, 2.45) is 0 Å². The van der Waals surface area contributed by atoms with E-state index in [0.29, 0.717) is 11.0 Å². The summed E-state index contributed by atoms with van der Waals surface area (Å²) in [5.74, 6) is 0.852. The topological polar surface area (TPSA) is 67.2 Å². The van der Waals surface area contributed by atoms with Gasteiger partial charge in [-0.2, -0.15) is 0 Å². The number of nitrogens with zero attached hydrogens (tertiary/aromatic N) is 1. The van der Waals surface area contributed by atoms with Crippen molar-refractivity contribution in [1.29, 1.82) is 0 Å². The van der Waals surface area contributed by atoms with E-state index in [2.05, 4.69) is 4.98 Å². The monoisotopic (exact) mass is 256 g/mol. The molecule has 0 aliphatic rings. The summed E-state index contributed by atoms with van der Waals surface area (Å²) < 4.78 is 6.64. The second kappa shape index (κ2) is 4.20. The maximum Gasteiger partial charge on any atom is 0.331 e. The molecule has 0 amide bonds. The molecule has 0 unspecified atom stereocenters. The molecule has 2 aromatic carbocycles. The Bertz CT molecular complexity index is 785. The molecule has 2 N–H and O–H groups in total. The number of rotatable bonds is 2. The number of H-pyrrole nitrogens is 1. The highest BCUT2D eigenvalue weighted by Crippen LogP contribution is 2.21. The molecule has 0 fully saturated rings. The van der Waals surface area contributed by atoms with Crippen molar-refractivity contribution in [2.75, 3.05) is 7.11 Å². The van der Waals surface area contributed by atoms with E-state index >= 15 is 0 Å². The van der Waals surface area contributed by atoms with Crippen LogP contribution >= 0.6 is 0 Å². The number of fused-ring (bicyclic) bond motifs is 1. The fourth-order valence-corrected chi connectivity index (χ4v) is 2.09. The van der Waals surface area contributed by atoms with Crippen LogP contribution in [0.2, 0.25) is 0 Å². The minimum absolute atomic E-state index is 0.121. The summed E-state index contributed by atoms with van der Waals surface area (Å²) in [4.78, 5) is 14.7. The molecule has 1 heterocycles. The Morgan fingerprint density at radius 2 is 1.89 bits per heavy atom. The Hall–Kier alpha value is -2.69. The lowest BCUT2D eigenvalue weighted by atomic mass is 10.2. The molecular formula is C14H12N2O3. The number of ether oxygens (including phenoxy) is 1. The lowest BCUT2D eigenvalue weighted by molar-refractivity contribution is 0.414. The van der Waals surface area contributed by atoms with Crippen molar-refractivity contribution in [3.63, 3.8) is 0 Å². The van der Waals surface area contributed by atoms with Crippen LogP contribution in [0.3, 0.4) is 0 Å². The van der Waals surface area contributed by atoms with Crippen LogP contribution < -0.4 is 10.4 Å². The molecule has 3 aromatic rings. The van der Waals surface area contributed by atoms with E-state index < -0.39 is 0 Å². The van der Waals surface area contributed by atoms with Gasteiger partial charge in [0.25, 0.3) is 0 Å². The van der Waals surface area contributed by atoms with Gasteiger partial charge in [-0.05, 0) is 36.4 Å². The Morgan fingerprint density at radius 1 is 1.16 bits per heavy atom. The number of hydrogen-bond acceptors (Lipinski definition) is 3.